The third-order valence-corrected chi connectivity index (χ3v) is 5.88. The van der Waals surface area contributed by atoms with E-state index in [1.807, 2.05) is 61.5 Å². The van der Waals surface area contributed by atoms with Crippen LogP contribution in [-0.2, 0) is 4.79 Å². The average Bonchev–Trinajstić information content (AvgIpc) is 2.85. The van der Waals surface area contributed by atoms with Crippen molar-refractivity contribution in [1.29, 1.82) is 0 Å². The van der Waals surface area contributed by atoms with Crippen molar-refractivity contribution in [2.24, 2.45) is 0 Å². The molecule has 2 unspecified atom stereocenters. The topological polar surface area (TPSA) is 76.6 Å². The van der Waals surface area contributed by atoms with Crippen LogP contribution in [0.5, 0.6) is 11.5 Å². The molecule has 32 heavy (non-hydrogen) atoms. The maximum atomic E-state index is 12.8. The number of carbonyl (C=O) groups excluding carboxylic acids is 1. The molecule has 3 aromatic rings. The molecule has 0 radical (unpaired) electrons. The van der Waals surface area contributed by atoms with Crippen LogP contribution in [0.4, 0.5) is 11.5 Å². The Kier molecular flexibility index (Phi) is 5.62. The normalized spacial score (nSPS) is 20.0. The highest BCUT2D eigenvalue weighted by Gasteiger charge is 2.34. The summed E-state index contributed by atoms with van der Waals surface area (Å²) in [7, 11) is 0. The Morgan fingerprint density at radius 3 is 2.31 bits per heavy atom. The van der Waals surface area contributed by atoms with Gasteiger partial charge in [-0.2, -0.15) is 0 Å². The van der Waals surface area contributed by atoms with Gasteiger partial charge in [-0.05, 0) is 62.6 Å². The fourth-order valence-electron chi connectivity index (χ4n) is 4.11. The molecule has 0 saturated carbocycles. The maximum absolute atomic E-state index is 12.8. The minimum absolute atomic E-state index is 0.245. The van der Waals surface area contributed by atoms with Gasteiger partial charge in [0.1, 0.15) is 6.10 Å². The molecule has 2 aliphatic rings. The summed E-state index contributed by atoms with van der Waals surface area (Å²) < 4.78 is 11.7. The molecule has 2 aromatic carbocycles. The van der Waals surface area contributed by atoms with Crippen molar-refractivity contribution in [2.75, 3.05) is 23.3 Å². The predicted molar refractivity (Wildman–Crippen MR) is 123 cm³/mol. The van der Waals surface area contributed by atoms with Gasteiger partial charge in [0.15, 0.2) is 17.3 Å². The Labute approximate surface area is 187 Å². The molecule has 0 spiro atoms. The number of para-hydroxylation sites is 2. The lowest BCUT2D eigenvalue weighted by atomic mass is 10.1. The van der Waals surface area contributed by atoms with E-state index in [4.69, 9.17) is 9.47 Å². The van der Waals surface area contributed by atoms with Crippen molar-refractivity contribution < 1.29 is 14.3 Å². The standard InChI is InChI=1S/C25H26N4O3/c1-17-24(32-22-8-4-3-7-21(22)31-17)25(30)26-19-11-9-18(10-12-19)20-13-14-23(28-27-20)29-15-5-2-6-16-29/h3-4,7-14,17,24H,2,5-6,15-16H2,1H3,(H,26,30). The monoisotopic (exact) mass is 430 g/mol. The molecule has 164 valence electrons. The highest BCUT2D eigenvalue weighted by atomic mass is 16.6. The number of nitrogens with one attached hydrogen (secondary N) is 1. The van der Waals surface area contributed by atoms with Crippen LogP contribution in [-0.4, -0.2) is 41.4 Å². The van der Waals surface area contributed by atoms with Crippen molar-refractivity contribution in [2.45, 2.75) is 38.4 Å². The molecule has 1 amide bonds. The molecule has 2 atom stereocenters. The van der Waals surface area contributed by atoms with Crippen LogP contribution in [0, 0.1) is 0 Å². The molecule has 7 nitrogen and oxygen atoms in total. The van der Waals surface area contributed by atoms with Gasteiger partial charge in [-0.3, -0.25) is 4.79 Å². The lowest BCUT2D eigenvalue weighted by Gasteiger charge is -2.31. The van der Waals surface area contributed by atoms with E-state index in [-0.39, 0.29) is 5.91 Å². The maximum Gasteiger partial charge on any atom is 0.269 e. The Balaban J connectivity index is 1.23. The number of fused-ring (bicyclic) bond motifs is 1. The fraction of sp³-hybridized carbons (Fsp3) is 0.320. The van der Waals surface area contributed by atoms with E-state index in [1.54, 1.807) is 6.07 Å². The van der Waals surface area contributed by atoms with Crippen LogP contribution in [0.3, 0.4) is 0 Å². The van der Waals surface area contributed by atoms with Crippen molar-refractivity contribution in [3.8, 4) is 22.8 Å². The average molecular weight is 431 g/mol. The fourth-order valence-corrected chi connectivity index (χ4v) is 4.11. The van der Waals surface area contributed by atoms with Crippen LogP contribution in [0.15, 0.2) is 60.7 Å². The van der Waals surface area contributed by atoms with Gasteiger partial charge in [0.05, 0.1) is 5.69 Å². The Morgan fingerprint density at radius 2 is 1.62 bits per heavy atom. The number of amides is 1. The summed E-state index contributed by atoms with van der Waals surface area (Å²) in [5.74, 6) is 1.92. The van der Waals surface area contributed by atoms with E-state index >= 15 is 0 Å². The van der Waals surface area contributed by atoms with E-state index < -0.39 is 12.2 Å². The van der Waals surface area contributed by atoms with Crippen LogP contribution in [0.2, 0.25) is 0 Å². The van der Waals surface area contributed by atoms with Crippen molar-refractivity contribution in [3.05, 3.63) is 60.7 Å². The van der Waals surface area contributed by atoms with Gasteiger partial charge in [0.25, 0.3) is 5.91 Å². The molecule has 0 aliphatic carbocycles. The SMILES string of the molecule is CC1Oc2ccccc2OC1C(=O)Nc1ccc(-c2ccc(N3CCCCC3)nn2)cc1. The molecular weight excluding hydrogens is 404 g/mol. The molecule has 7 heteroatoms. The minimum atomic E-state index is -0.724. The number of carbonyl (C=O) groups is 1. The Morgan fingerprint density at radius 1 is 0.906 bits per heavy atom. The molecule has 5 rings (SSSR count). The van der Waals surface area contributed by atoms with Gasteiger partial charge in [0.2, 0.25) is 6.10 Å². The molecule has 1 fully saturated rings. The van der Waals surface area contributed by atoms with E-state index in [1.165, 1.54) is 19.3 Å². The second-order valence-electron chi connectivity index (χ2n) is 8.20. The Bertz CT molecular complexity index is 1080. The smallest absolute Gasteiger partial charge is 0.269 e. The van der Waals surface area contributed by atoms with E-state index in [0.717, 1.165) is 30.2 Å². The molecule has 0 bridgehead atoms. The molecular formula is C25H26N4O3. The summed E-state index contributed by atoms with van der Waals surface area (Å²) in [6.07, 6.45) is 2.59. The lowest BCUT2D eigenvalue weighted by molar-refractivity contribution is -0.128. The van der Waals surface area contributed by atoms with Gasteiger partial charge in [-0.1, -0.05) is 24.3 Å². The van der Waals surface area contributed by atoms with Crippen molar-refractivity contribution in [1.82, 2.24) is 10.2 Å². The summed E-state index contributed by atoms with van der Waals surface area (Å²) in [6.45, 7) is 3.92. The first-order chi connectivity index (χ1) is 15.7. The molecule has 1 N–H and O–H groups in total. The van der Waals surface area contributed by atoms with E-state index in [9.17, 15) is 4.79 Å². The number of aromatic nitrogens is 2. The van der Waals surface area contributed by atoms with Gasteiger partial charge in [-0.15, -0.1) is 10.2 Å². The zero-order chi connectivity index (χ0) is 21.9. The number of piperidine rings is 1. The number of anilines is 2. The largest absolute Gasteiger partial charge is 0.482 e. The third-order valence-electron chi connectivity index (χ3n) is 5.88. The second kappa shape index (κ2) is 8.86. The number of hydrogen-bond acceptors (Lipinski definition) is 6. The first-order valence-electron chi connectivity index (χ1n) is 11.1. The zero-order valence-electron chi connectivity index (χ0n) is 18.0. The number of benzene rings is 2. The quantitative estimate of drug-likeness (QED) is 0.665. The summed E-state index contributed by atoms with van der Waals surface area (Å²) in [4.78, 5) is 15.1. The summed E-state index contributed by atoms with van der Waals surface area (Å²) in [5.41, 5.74) is 2.43. The number of ether oxygens (including phenoxy) is 2. The van der Waals surface area contributed by atoms with E-state index in [0.29, 0.717) is 17.2 Å². The lowest BCUT2D eigenvalue weighted by Crippen LogP contribution is -2.46. The third kappa shape index (κ3) is 4.23. The van der Waals surface area contributed by atoms with Gasteiger partial charge >= 0.3 is 0 Å². The van der Waals surface area contributed by atoms with Crippen LogP contribution >= 0.6 is 0 Å². The molecule has 1 aromatic heterocycles. The van der Waals surface area contributed by atoms with Crippen molar-refractivity contribution >= 4 is 17.4 Å². The number of hydrogen-bond donors (Lipinski definition) is 1. The number of nitrogens with zero attached hydrogens (tertiary/aromatic N) is 3. The molecule has 1 saturated heterocycles. The van der Waals surface area contributed by atoms with Crippen LogP contribution in [0.1, 0.15) is 26.2 Å². The molecule has 3 heterocycles. The predicted octanol–water partition coefficient (Wildman–Crippen LogP) is 4.30. The van der Waals surface area contributed by atoms with Gasteiger partial charge in [0, 0.05) is 24.3 Å². The van der Waals surface area contributed by atoms with Gasteiger partial charge in [-0.25, -0.2) is 0 Å². The number of rotatable bonds is 4. The first kappa shape index (κ1) is 20.3. The summed E-state index contributed by atoms with van der Waals surface area (Å²) >= 11 is 0. The molecule has 2 aliphatic heterocycles. The van der Waals surface area contributed by atoms with Crippen molar-refractivity contribution in [3.63, 3.8) is 0 Å². The highest BCUT2D eigenvalue weighted by Crippen LogP contribution is 2.33. The van der Waals surface area contributed by atoms with Gasteiger partial charge < -0.3 is 19.7 Å². The summed E-state index contributed by atoms with van der Waals surface area (Å²) in [6, 6.07) is 19.0. The zero-order valence-corrected chi connectivity index (χ0v) is 18.0. The highest BCUT2D eigenvalue weighted by molar-refractivity contribution is 5.95. The van der Waals surface area contributed by atoms with Crippen LogP contribution < -0.4 is 19.7 Å². The minimum Gasteiger partial charge on any atom is -0.482 e. The van der Waals surface area contributed by atoms with E-state index in [2.05, 4.69) is 20.4 Å². The summed E-state index contributed by atoms with van der Waals surface area (Å²) in [5, 5.41) is 11.7. The van der Waals surface area contributed by atoms with Crippen LogP contribution in [0.25, 0.3) is 11.3 Å². The second-order valence-corrected chi connectivity index (χ2v) is 8.20. The first-order valence-corrected chi connectivity index (χ1v) is 11.1. The Hall–Kier alpha value is -3.61.